The molecule has 6 nitrogen and oxygen atoms in total. The molecule has 7 heteroatoms. The molecule has 2 aromatic heterocycles. The van der Waals surface area contributed by atoms with Crippen molar-refractivity contribution < 1.29 is 4.74 Å². The molecule has 1 N–H and O–H groups in total. The SMILES string of the molecule is COc1ccccc1-c1ncc(CN2CCc3nc(C(C)C)[nH]c(=O)c3C2)s1. The van der Waals surface area contributed by atoms with E-state index in [0.29, 0.717) is 6.54 Å². The first kappa shape index (κ1) is 18.8. The van der Waals surface area contributed by atoms with Crippen LogP contribution in [0, 0.1) is 0 Å². The summed E-state index contributed by atoms with van der Waals surface area (Å²) in [4.78, 5) is 28.2. The Balaban J connectivity index is 1.51. The lowest BCUT2D eigenvalue weighted by molar-refractivity contribution is 0.243. The number of rotatable bonds is 5. The zero-order chi connectivity index (χ0) is 19.7. The summed E-state index contributed by atoms with van der Waals surface area (Å²) in [5.74, 6) is 1.83. The maximum Gasteiger partial charge on any atom is 0.255 e. The minimum atomic E-state index is -0.00239. The number of H-pyrrole nitrogens is 1. The normalized spacial score (nSPS) is 14.3. The maximum absolute atomic E-state index is 12.5. The topological polar surface area (TPSA) is 71.1 Å². The van der Waals surface area contributed by atoms with Crippen LogP contribution in [0.15, 0.2) is 35.3 Å². The Morgan fingerprint density at radius 1 is 1.32 bits per heavy atom. The first-order valence-corrected chi connectivity index (χ1v) is 10.3. The number of nitrogens with zero attached hydrogens (tertiary/aromatic N) is 3. The predicted molar refractivity (Wildman–Crippen MR) is 111 cm³/mol. The number of hydrogen-bond donors (Lipinski definition) is 1. The van der Waals surface area contributed by atoms with E-state index in [-0.39, 0.29) is 11.5 Å². The van der Waals surface area contributed by atoms with Crippen LogP contribution < -0.4 is 10.3 Å². The Morgan fingerprint density at radius 2 is 2.14 bits per heavy atom. The van der Waals surface area contributed by atoms with Crippen LogP contribution in [0.1, 0.15) is 41.7 Å². The van der Waals surface area contributed by atoms with E-state index in [0.717, 1.165) is 52.9 Å². The van der Waals surface area contributed by atoms with Crippen LogP contribution in [0.5, 0.6) is 5.75 Å². The van der Waals surface area contributed by atoms with Crippen LogP contribution >= 0.6 is 11.3 Å². The standard InChI is InChI=1S/C21H24N4O2S/c1-13(2)19-23-17-8-9-25(12-16(17)20(26)24-19)11-14-10-22-21(28-14)15-6-4-5-7-18(15)27-3/h4-7,10,13H,8-9,11-12H2,1-3H3,(H,23,24,26). The van der Waals surface area contributed by atoms with Gasteiger partial charge in [-0.3, -0.25) is 9.69 Å². The third-order valence-corrected chi connectivity index (χ3v) is 6.00. The van der Waals surface area contributed by atoms with Gasteiger partial charge in [-0.1, -0.05) is 26.0 Å². The number of methoxy groups -OCH3 is 1. The molecule has 0 saturated heterocycles. The van der Waals surface area contributed by atoms with Gasteiger partial charge in [-0.05, 0) is 12.1 Å². The van der Waals surface area contributed by atoms with Crippen molar-refractivity contribution in [2.24, 2.45) is 0 Å². The summed E-state index contributed by atoms with van der Waals surface area (Å²) in [5, 5.41) is 0.950. The Kier molecular flexibility index (Phi) is 5.28. The van der Waals surface area contributed by atoms with Gasteiger partial charge in [0.05, 0.1) is 23.9 Å². The second kappa shape index (κ2) is 7.85. The van der Waals surface area contributed by atoms with Gasteiger partial charge in [-0.15, -0.1) is 11.3 Å². The Hall–Kier alpha value is -2.51. The Bertz CT molecular complexity index is 1040. The average molecular weight is 397 g/mol. The molecular weight excluding hydrogens is 372 g/mol. The van der Waals surface area contributed by atoms with E-state index in [1.54, 1.807) is 18.4 Å². The first-order chi connectivity index (χ1) is 13.5. The highest BCUT2D eigenvalue weighted by molar-refractivity contribution is 7.15. The molecule has 28 heavy (non-hydrogen) atoms. The van der Waals surface area contributed by atoms with Crippen molar-refractivity contribution in [1.29, 1.82) is 0 Å². The number of aromatic nitrogens is 3. The smallest absolute Gasteiger partial charge is 0.255 e. The van der Waals surface area contributed by atoms with Crippen molar-refractivity contribution in [1.82, 2.24) is 19.9 Å². The largest absolute Gasteiger partial charge is 0.496 e. The number of ether oxygens (including phenoxy) is 1. The van der Waals surface area contributed by atoms with Crippen LogP contribution in [0.4, 0.5) is 0 Å². The van der Waals surface area contributed by atoms with Crippen molar-refractivity contribution in [3.8, 4) is 16.3 Å². The van der Waals surface area contributed by atoms with Crippen LogP contribution in [-0.2, 0) is 19.5 Å². The zero-order valence-electron chi connectivity index (χ0n) is 16.4. The van der Waals surface area contributed by atoms with E-state index in [4.69, 9.17) is 4.74 Å². The van der Waals surface area contributed by atoms with Crippen molar-refractivity contribution >= 4 is 11.3 Å². The van der Waals surface area contributed by atoms with E-state index in [1.165, 1.54) is 4.88 Å². The summed E-state index contributed by atoms with van der Waals surface area (Å²) in [6, 6.07) is 7.92. The van der Waals surface area contributed by atoms with Crippen molar-refractivity contribution in [2.45, 2.75) is 39.3 Å². The van der Waals surface area contributed by atoms with E-state index >= 15 is 0 Å². The first-order valence-electron chi connectivity index (χ1n) is 9.47. The fraction of sp³-hybridized carbons (Fsp3) is 0.381. The molecule has 0 spiro atoms. The van der Waals surface area contributed by atoms with E-state index in [9.17, 15) is 4.79 Å². The molecule has 4 rings (SSSR count). The summed E-state index contributed by atoms with van der Waals surface area (Å²) >= 11 is 1.67. The van der Waals surface area contributed by atoms with Crippen molar-refractivity contribution in [3.05, 3.63) is 62.8 Å². The maximum atomic E-state index is 12.5. The van der Waals surface area contributed by atoms with Gasteiger partial charge in [0.1, 0.15) is 16.6 Å². The van der Waals surface area contributed by atoms with Gasteiger partial charge in [0.2, 0.25) is 0 Å². The van der Waals surface area contributed by atoms with Crippen LogP contribution in [0.25, 0.3) is 10.6 Å². The second-order valence-corrected chi connectivity index (χ2v) is 8.44. The highest BCUT2D eigenvalue weighted by atomic mass is 32.1. The molecule has 0 amide bonds. The lowest BCUT2D eigenvalue weighted by Crippen LogP contribution is -2.35. The Morgan fingerprint density at radius 3 is 2.93 bits per heavy atom. The fourth-order valence-corrected chi connectivity index (χ4v) is 4.44. The van der Waals surface area contributed by atoms with Gasteiger partial charge in [-0.2, -0.15) is 0 Å². The molecule has 0 unspecified atom stereocenters. The molecule has 146 valence electrons. The molecule has 1 aliphatic heterocycles. The quantitative estimate of drug-likeness (QED) is 0.714. The van der Waals surface area contributed by atoms with Crippen molar-refractivity contribution in [2.75, 3.05) is 13.7 Å². The van der Waals surface area contributed by atoms with Gasteiger partial charge in [0, 0.05) is 43.0 Å². The van der Waals surface area contributed by atoms with Crippen LogP contribution in [0.3, 0.4) is 0 Å². The van der Waals surface area contributed by atoms with Gasteiger partial charge in [0.15, 0.2) is 0 Å². The van der Waals surface area contributed by atoms with E-state index in [1.807, 2.05) is 44.3 Å². The molecule has 0 atom stereocenters. The van der Waals surface area contributed by atoms with E-state index in [2.05, 4.69) is 19.9 Å². The number of nitrogens with one attached hydrogen (secondary N) is 1. The van der Waals surface area contributed by atoms with Gasteiger partial charge in [-0.25, -0.2) is 9.97 Å². The molecule has 1 aromatic carbocycles. The summed E-state index contributed by atoms with van der Waals surface area (Å²) in [7, 11) is 1.68. The summed E-state index contributed by atoms with van der Waals surface area (Å²) in [5.41, 5.74) is 2.75. The van der Waals surface area contributed by atoms with E-state index < -0.39 is 0 Å². The number of para-hydroxylation sites is 1. The molecule has 3 aromatic rings. The number of aromatic amines is 1. The number of hydrogen-bond acceptors (Lipinski definition) is 6. The minimum Gasteiger partial charge on any atom is -0.496 e. The highest BCUT2D eigenvalue weighted by Crippen LogP contribution is 2.33. The molecule has 0 fully saturated rings. The minimum absolute atomic E-state index is 0.00239. The predicted octanol–water partition coefficient (Wildman–Crippen LogP) is 3.58. The average Bonchev–Trinajstić information content (AvgIpc) is 3.16. The van der Waals surface area contributed by atoms with Gasteiger partial charge < -0.3 is 9.72 Å². The molecular formula is C21H24N4O2S. The van der Waals surface area contributed by atoms with Gasteiger partial charge in [0.25, 0.3) is 5.56 Å². The Labute approximate surface area is 168 Å². The molecule has 3 heterocycles. The summed E-state index contributed by atoms with van der Waals surface area (Å²) < 4.78 is 5.45. The number of fused-ring (bicyclic) bond motifs is 1. The summed E-state index contributed by atoms with van der Waals surface area (Å²) in [6.45, 7) is 6.38. The van der Waals surface area contributed by atoms with Crippen LogP contribution in [0.2, 0.25) is 0 Å². The highest BCUT2D eigenvalue weighted by Gasteiger charge is 2.22. The van der Waals surface area contributed by atoms with Crippen LogP contribution in [-0.4, -0.2) is 33.5 Å². The lowest BCUT2D eigenvalue weighted by Gasteiger charge is -2.27. The summed E-state index contributed by atoms with van der Waals surface area (Å²) in [6.07, 6.45) is 2.73. The fourth-order valence-electron chi connectivity index (χ4n) is 3.46. The third kappa shape index (κ3) is 3.72. The molecule has 0 bridgehead atoms. The monoisotopic (exact) mass is 396 g/mol. The number of thiazole rings is 1. The van der Waals surface area contributed by atoms with Gasteiger partial charge >= 0.3 is 0 Å². The molecule has 0 aliphatic carbocycles. The zero-order valence-corrected chi connectivity index (χ0v) is 17.2. The molecule has 0 radical (unpaired) electrons. The lowest BCUT2D eigenvalue weighted by atomic mass is 10.1. The molecule has 1 aliphatic rings. The number of benzene rings is 1. The van der Waals surface area contributed by atoms with Crippen molar-refractivity contribution in [3.63, 3.8) is 0 Å². The third-order valence-electron chi connectivity index (χ3n) is 4.98. The second-order valence-electron chi connectivity index (χ2n) is 7.32. The molecule has 0 saturated carbocycles.